The summed E-state index contributed by atoms with van der Waals surface area (Å²) in [5.41, 5.74) is 7.24. The van der Waals surface area contributed by atoms with Crippen LogP contribution in [0.5, 0.6) is 0 Å². The van der Waals surface area contributed by atoms with E-state index in [1.54, 1.807) is 10.5 Å². The second-order valence-corrected chi connectivity index (χ2v) is 11.6. The average Bonchev–Trinajstić information content (AvgIpc) is 2.93. The number of hydrogen-bond acceptors (Lipinski definition) is 3. The van der Waals surface area contributed by atoms with E-state index >= 15 is 0 Å². The van der Waals surface area contributed by atoms with Crippen molar-refractivity contribution in [3.63, 3.8) is 0 Å². The molecule has 2 unspecified atom stereocenters. The summed E-state index contributed by atoms with van der Waals surface area (Å²) in [5, 5.41) is 0. The van der Waals surface area contributed by atoms with Gasteiger partial charge in [0, 0.05) is 25.4 Å². The molecular formula is C35H51N3O. The highest BCUT2D eigenvalue weighted by Gasteiger charge is 2.15. The van der Waals surface area contributed by atoms with Crippen LogP contribution in [0.2, 0.25) is 0 Å². The third kappa shape index (κ3) is 8.81. The molecule has 0 spiro atoms. The Balaban J connectivity index is 1.89. The lowest BCUT2D eigenvalue weighted by atomic mass is 9.98. The summed E-state index contributed by atoms with van der Waals surface area (Å²) in [6.45, 7) is 19.6. The van der Waals surface area contributed by atoms with Crippen LogP contribution in [0.25, 0.3) is 11.2 Å². The van der Waals surface area contributed by atoms with Crippen LogP contribution in [-0.2, 0) is 0 Å². The quantitative estimate of drug-likeness (QED) is 0.165. The molecule has 0 aliphatic carbocycles. The molecule has 4 nitrogen and oxygen atoms in total. The van der Waals surface area contributed by atoms with Gasteiger partial charge in [0.1, 0.15) is 5.65 Å². The number of anilines is 1. The molecule has 3 heterocycles. The molecule has 1 saturated heterocycles. The summed E-state index contributed by atoms with van der Waals surface area (Å²) in [4.78, 5) is 20.8. The number of pyridine rings is 1. The molecule has 0 amide bonds. The molecule has 4 heteroatoms. The van der Waals surface area contributed by atoms with Gasteiger partial charge >= 0.3 is 0 Å². The van der Waals surface area contributed by atoms with Crippen LogP contribution in [0, 0.1) is 11.8 Å². The third-order valence-corrected chi connectivity index (χ3v) is 8.56. The predicted octanol–water partition coefficient (Wildman–Crippen LogP) is 9.17. The monoisotopic (exact) mass is 529 g/mol. The Bertz CT molecular complexity index is 1260. The maximum Gasteiger partial charge on any atom is 0.258 e. The largest absolute Gasteiger partial charge is 0.370 e. The van der Waals surface area contributed by atoms with Gasteiger partial charge in [-0.2, -0.15) is 0 Å². The minimum absolute atomic E-state index is 0.0318. The molecule has 2 aromatic rings. The number of nitrogens with zero attached hydrogens (tertiary/aromatic N) is 3. The van der Waals surface area contributed by atoms with Crippen molar-refractivity contribution in [2.45, 2.75) is 99.3 Å². The van der Waals surface area contributed by atoms with E-state index in [0.717, 1.165) is 72.8 Å². The van der Waals surface area contributed by atoms with Crippen molar-refractivity contribution in [2.24, 2.45) is 11.8 Å². The first-order valence-electron chi connectivity index (χ1n) is 15.3. The number of hydrogen-bond donors (Lipinski definition) is 0. The van der Waals surface area contributed by atoms with Gasteiger partial charge in [0.15, 0.2) is 0 Å². The number of rotatable bonds is 11. The Hall–Kier alpha value is -2.88. The number of aromatic nitrogens is 2. The lowest BCUT2D eigenvalue weighted by Gasteiger charge is -2.29. The van der Waals surface area contributed by atoms with Gasteiger partial charge < -0.3 is 4.90 Å². The van der Waals surface area contributed by atoms with Gasteiger partial charge in [-0.05, 0) is 100.0 Å². The molecule has 0 bridgehead atoms. The van der Waals surface area contributed by atoms with Crippen molar-refractivity contribution in [3.05, 3.63) is 82.0 Å². The van der Waals surface area contributed by atoms with Crippen molar-refractivity contribution < 1.29 is 0 Å². The number of fused-ring (bicyclic) bond motifs is 1. The van der Waals surface area contributed by atoms with E-state index in [1.807, 2.05) is 12.3 Å². The fourth-order valence-corrected chi connectivity index (χ4v) is 5.19. The molecule has 212 valence electrons. The second kappa shape index (κ2) is 15.1. The zero-order valence-electron chi connectivity index (χ0n) is 25.4. The molecule has 2 atom stereocenters. The Labute approximate surface area is 237 Å². The van der Waals surface area contributed by atoms with E-state index in [4.69, 9.17) is 4.98 Å². The van der Waals surface area contributed by atoms with E-state index in [0.29, 0.717) is 11.6 Å². The van der Waals surface area contributed by atoms with Gasteiger partial charge in [0.2, 0.25) is 0 Å². The van der Waals surface area contributed by atoms with Crippen LogP contribution in [0.1, 0.15) is 105 Å². The summed E-state index contributed by atoms with van der Waals surface area (Å²) in [6.07, 6.45) is 18.9. The molecule has 0 aromatic carbocycles. The molecule has 0 radical (unpaired) electrons. The maximum atomic E-state index is 13.4. The highest BCUT2D eigenvalue weighted by molar-refractivity contribution is 5.74. The maximum absolute atomic E-state index is 13.4. The lowest BCUT2D eigenvalue weighted by molar-refractivity contribution is 0.438. The van der Waals surface area contributed by atoms with E-state index in [-0.39, 0.29) is 5.56 Å². The second-order valence-electron chi connectivity index (χ2n) is 11.6. The molecule has 0 saturated carbocycles. The first-order valence-corrected chi connectivity index (χ1v) is 15.3. The van der Waals surface area contributed by atoms with Gasteiger partial charge in [0.25, 0.3) is 5.56 Å². The Morgan fingerprint density at radius 1 is 1.13 bits per heavy atom. The molecule has 39 heavy (non-hydrogen) atoms. The summed E-state index contributed by atoms with van der Waals surface area (Å²) in [5.74, 6) is 1.40. The van der Waals surface area contributed by atoms with E-state index in [1.165, 1.54) is 37.7 Å². The predicted molar refractivity (Wildman–Crippen MR) is 170 cm³/mol. The van der Waals surface area contributed by atoms with Gasteiger partial charge in [-0.15, -0.1) is 0 Å². The summed E-state index contributed by atoms with van der Waals surface area (Å²) in [7, 11) is 0. The van der Waals surface area contributed by atoms with Crippen LogP contribution in [0.4, 0.5) is 5.69 Å². The molecule has 1 aliphatic heterocycles. The van der Waals surface area contributed by atoms with E-state index in [2.05, 4.69) is 77.3 Å². The Morgan fingerprint density at radius 2 is 1.90 bits per heavy atom. The van der Waals surface area contributed by atoms with Crippen molar-refractivity contribution in [3.8, 4) is 0 Å². The summed E-state index contributed by atoms with van der Waals surface area (Å²) in [6, 6.07) is 5.83. The number of allylic oxidation sites excluding steroid dienone is 7. The molecule has 1 aliphatic rings. The Kier molecular flexibility index (Phi) is 11.8. The highest BCUT2D eigenvalue weighted by atomic mass is 16.1. The van der Waals surface area contributed by atoms with Crippen molar-refractivity contribution >= 4 is 16.9 Å². The van der Waals surface area contributed by atoms with Crippen molar-refractivity contribution in [1.82, 2.24) is 9.38 Å². The highest BCUT2D eigenvalue weighted by Crippen LogP contribution is 2.24. The smallest absolute Gasteiger partial charge is 0.258 e. The van der Waals surface area contributed by atoms with Crippen molar-refractivity contribution in [1.29, 1.82) is 0 Å². The minimum Gasteiger partial charge on any atom is -0.370 e. The number of unbranched alkanes of at least 4 members (excludes halogenated alkanes) is 2. The molecule has 0 N–H and O–H groups in total. The van der Waals surface area contributed by atoms with E-state index in [9.17, 15) is 4.79 Å². The van der Waals surface area contributed by atoms with Crippen LogP contribution in [0.3, 0.4) is 0 Å². The van der Waals surface area contributed by atoms with Crippen LogP contribution < -0.4 is 10.5 Å². The zero-order valence-corrected chi connectivity index (χ0v) is 25.4. The summed E-state index contributed by atoms with van der Waals surface area (Å²) >= 11 is 0. The standard InChI is InChI=1S/C35H51N3O/c1-8-27(4)29(6)16-11-10-12-17-31(23-30(7)28(5)9-2)33-24-35(39)38-25-32(18-19-34(38)36-33)37-21-14-13-15-26(3)20-22-37/h16-19,23-27H,5,8-15,20-22H2,1-4,6-7H3/b29-16-,30-23+,31-17+. The van der Waals surface area contributed by atoms with Gasteiger partial charge in [-0.25, -0.2) is 4.98 Å². The molecule has 1 fully saturated rings. The normalized spacial score (nSPS) is 18.7. The lowest BCUT2D eigenvalue weighted by Crippen LogP contribution is -2.29. The first kappa shape index (κ1) is 30.7. The molecule has 3 rings (SSSR count). The van der Waals surface area contributed by atoms with Gasteiger partial charge in [0.05, 0.1) is 11.4 Å². The first-order chi connectivity index (χ1) is 18.7. The average molecular weight is 530 g/mol. The van der Waals surface area contributed by atoms with Gasteiger partial charge in [-0.1, -0.05) is 70.4 Å². The third-order valence-electron chi connectivity index (χ3n) is 8.56. The fourth-order valence-electron chi connectivity index (χ4n) is 5.19. The van der Waals surface area contributed by atoms with Gasteiger partial charge in [-0.3, -0.25) is 9.20 Å². The topological polar surface area (TPSA) is 37.6 Å². The van der Waals surface area contributed by atoms with Crippen LogP contribution >= 0.6 is 0 Å². The van der Waals surface area contributed by atoms with Crippen molar-refractivity contribution in [2.75, 3.05) is 18.0 Å². The van der Waals surface area contributed by atoms with Crippen LogP contribution in [0.15, 0.2) is 70.7 Å². The molecule has 2 aromatic heterocycles. The Morgan fingerprint density at radius 3 is 2.64 bits per heavy atom. The minimum atomic E-state index is -0.0318. The SMILES string of the molecule is C=C(CC)/C(C)=C/C(=C\CCC/C=C(/C)C(C)CC)c1cc(=O)n2cc(N3CCCCC(C)CC3)ccc2n1. The zero-order chi connectivity index (χ0) is 28.4. The van der Waals surface area contributed by atoms with E-state index < -0.39 is 0 Å². The molecular weight excluding hydrogens is 478 g/mol. The fraction of sp³-hybridized carbons (Fsp3) is 0.543. The summed E-state index contributed by atoms with van der Waals surface area (Å²) < 4.78 is 1.71. The van der Waals surface area contributed by atoms with Crippen LogP contribution in [-0.4, -0.2) is 22.5 Å².